The second kappa shape index (κ2) is 9.92. The van der Waals surface area contributed by atoms with Gasteiger partial charge in [-0.05, 0) is 50.0 Å². The Kier molecular flexibility index (Phi) is 7.57. The third-order valence-corrected chi connectivity index (χ3v) is 6.16. The third kappa shape index (κ3) is 5.38. The molecule has 2 fully saturated rings. The van der Waals surface area contributed by atoms with Gasteiger partial charge in [0.15, 0.2) is 11.5 Å². The molecule has 0 bridgehead atoms. The maximum atomic E-state index is 10.2. The minimum absolute atomic E-state index is 0.192. The molecule has 0 radical (unpaired) electrons. The normalized spacial score (nSPS) is 20.2. The van der Waals surface area contributed by atoms with Gasteiger partial charge in [-0.1, -0.05) is 19.9 Å². The lowest BCUT2D eigenvalue weighted by atomic mass is 9.84. The maximum Gasteiger partial charge on any atom is 0.161 e. The number of ether oxygens (including phenoxy) is 3. The first-order valence-corrected chi connectivity index (χ1v) is 10.6. The predicted molar refractivity (Wildman–Crippen MR) is 110 cm³/mol. The molecule has 0 aromatic heterocycles. The molecule has 1 unspecified atom stereocenters. The van der Waals surface area contributed by atoms with Crippen molar-refractivity contribution in [1.82, 2.24) is 9.80 Å². The van der Waals surface area contributed by atoms with Crippen molar-refractivity contribution in [2.45, 2.75) is 51.4 Å². The molecule has 0 saturated carbocycles. The number of nitrogens with zero attached hydrogens (tertiary/aromatic N) is 2. The first-order valence-electron chi connectivity index (χ1n) is 10.6. The molecule has 1 aromatic carbocycles. The first-order chi connectivity index (χ1) is 13.6. The highest BCUT2D eigenvalue weighted by Gasteiger charge is 2.40. The van der Waals surface area contributed by atoms with E-state index in [1.807, 2.05) is 6.07 Å². The van der Waals surface area contributed by atoms with Crippen LogP contribution in [0.4, 0.5) is 0 Å². The van der Waals surface area contributed by atoms with E-state index >= 15 is 0 Å². The van der Waals surface area contributed by atoms with Gasteiger partial charge in [-0.15, -0.1) is 0 Å². The topological polar surface area (TPSA) is 54.4 Å². The van der Waals surface area contributed by atoms with E-state index < -0.39 is 6.10 Å². The fourth-order valence-corrected chi connectivity index (χ4v) is 4.11. The number of likely N-dealkylation sites (tertiary alicyclic amines) is 1. The molecule has 0 amide bonds. The molecule has 6 heteroatoms. The highest BCUT2D eigenvalue weighted by atomic mass is 16.5. The molecule has 2 heterocycles. The molecule has 2 aliphatic rings. The standard InChI is InChI=1S/C22H36N2O4/c1-4-23(5-2)16-19(25)17-27-20-7-6-18(14-21(20)26-3)15-24-11-8-22(9-12-24)10-13-28-22/h6-7,14,19,25H,4-5,8-13,15-17H2,1-3H3. The van der Waals surface area contributed by atoms with Gasteiger partial charge in [0.1, 0.15) is 12.7 Å². The molecular formula is C22H36N2O4. The van der Waals surface area contributed by atoms with Gasteiger partial charge in [0.25, 0.3) is 0 Å². The smallest absolute Gasteiger partial charge is 0.161 e. The summed E-state index contributed by atoms with van der Waals surface area (Å²) >= 11 is 0. The number of likely N-dealkylation sites (N-methyl/N-ethyl adjacent to an activating group) is 1. The van der Waals surface area contributed by atoms with E-state index in [0.717, 1.165) is 57.9 Å². The van der Waals surface area contributed by atoms with Crippen molar-refractivity contribution < 1.29 is 19.3 Å². The molecule has 2 saturated heterocycles. The van der Waals surface area contributed by atoms with Crippen molar-refractivity contribution in [3.63, 3.8) is 0 Å². The van der Waals surface area contributed by atoms with Crippen molar-refractivity contribution in [2.75, 3.05) is 53.0 Å². The molecule has 0 aliphatic carbocycles. The zero-order valence-electron chi connectivity index (χ0n) is 17.7. The summed E-state index contributed by atoms with van der Waals surface area (Å²) in [6.07, 6.45) is 2.98. The van der Waals surface area contributed by atoms with Gasteiger partial charge >= 0.3 is 0 Å². The lowest BCUT2D eigenvalue weighted by Gasteiger charge is -2.47. The largest absolute Gasteiger partial charge is 0.493 e. The number of rotatable bonds is 10. The minimum atomic E-state index is -0.515. The number of methoxy groups -OCH3 is 1. The van der Waals surface area contributed by atoms with Crippen molar-refractivity contribution in [3.8, 4) is 11.5 Å². The van der Waals surface area contributed by atoms with Crippen molar-refractivity contribution in [1.29, 1.82) is 0 Å². The van der Waals surface area contributed by atoms with E-state index in [-0.39, 0.29) is 12.2 Å². The van der Waals surface area contributed by atoms with Crippen molar-refractivity contribution >= 4 is 0 Å². The van der Waals surface area contributed by atoms with Crippen LogP contribution in [0.2, 0.25) is 0 Å². The number of aliphatic hydroxyl groups excluding tert-OH is 1. The van der Waals surface area contributed by atoms with Crippen LogP contribution in [0.25, 0.3) is 0 Å². The zero-order valence-corrected chi connectivity index (χ0v) is 17.7. The molecule has 28 heavy (non-hydrogen) atoms. The SMILES string of the molecule is CCN(CC)CC(O)COc1ccc(CN2CCC3(CCO3)CC2)cc1OC. The van der Waals surface area contributed by atoms with Gasteiger partial charge in [0.05, 0.1) is 19.3 Å². The van der Waals surface area contributed by atoms with Crippen LogP contribution in [0.5, 0.6) is 11.5 Å². The lowest BCUT2D eigenvalue weighted by molar-refractivity contribution is -0.173. The number of piperidine rings is 1. The molecule has 1 atom stereocenters. The summed E-state index contributed by atoms with van der Waals surface area (Å²) in [7, 11) is 1.66. The Morgan fingerprint density at radius 2 is 1.89 bits per heavy atom. The number of benzene rings is 1. The highest BCUT2D eigenvalue weighted by Crippen LogP contribution is 2.37. The maximum absolute atomic E-state index is 10.2. The van der Waals surface area contributed by atoms with E-state index in [9.17, 15) is 5.11 Å². The molecule has 1 spiro atoms. The minimum Gasteiger partial charge on any atom is -0.493 e. The molecule has 6 nitrogen and oxygen atoms in total. The predicted octanol–water partition coefficient (Wildman–Crippen LogP) is 2.53. The van der Waals surface area contributed by atoms with Crippen LogP contribution in [-0.2, 0) is 11.3 Å². The summed E-state index contributed by atoms with van der Waals surface area (Å²) in [5, 5.41) is 10.2. The van der Waals surface area contributed by atoms with E-state index in [1.165, 1.54) is 12.0 Å². The quantitative estimate of drug-likeness (QED) is 0.660. The van der Waals surface area contributed by atoms with Crippen LogP contribution >= 0.6 is 0 Å². The van der Waals surface area contributed by atoms with Gasteiger partial charge in [-0.25, -0.2) is 0 Å². The average molecular weight is 393 g/mol. The van der Waals surface area contributed by atoms with Gasteiger partial charge < -0.3 is 24.2 Å². The Labute approximate surface area is 169 Å². The lowest BCUT2D eigenvalue weighted by Crippen LogP contribution is -2.52. The van der Waals surface area contributed by atoms with E-state index in [4.69, 9.17) is 14.2 Å². The third-order valence-electron chi connectivity index (χ3n) is 6.16. The van der Waals surface area contributed by atoms with E-state index in [1.54, 1.807) is 7.11 Å². The fourth-order valence-electron chi connectivity index (χ4n) is 4.11. The van der Waals surface area contributed by atoms with Crippen LogP contribution in [-0.4, -0.2) is 79.7 Å². The van der Waals surface area contributed by atoms with Crippen LogP contribution in [0, 0.1) is 0 Å². The Hall–Kier alpha value is -1.34. The highest BCUT2D eigenvalue weighted by molar-refractivity contribution is 5.43. The molecular weight excluding hydrogens is 356 g/mol. The van der Waals surface area contributed by atoms with Crippen LogP contribution in [0.1, 0.15) is 38.7 Å². The zero-order chi connectivity index (χ0) is 20.0. The summed E-state index contributed by atoms with van der Waals surface area (Å²) in [6.45, 7) is 10.9. The van der Waals surface area contributed by atoms with Gasteiger partial charge in [0.2, 0.25) is 0 Å². The van der Waals surface area contributed by atoms with Crippen molar-refractivity contribution in [3.05, 3.63) is 23.8 Å². The Bertz CT molecular complexity index is 607. The second-order valence-corrected chi connectivity index (χ2v) is 7.99. The summed E-state index contributed by atoms with van der Waals surface area (Å²) in [5.74, 6) is 1.41. The number of aliphatic hydroxyl groups is 1. The Balaban J connectivity index is 1.50. The van der Waals surface area contributed by atoms with Gasteiger partial charge in [0, 0.05) is 26.2 Å². The molecule has 3 rings (SSSR count). The molecule has 2 aliphatic heterocycles. The van der Waals surface area contributed by atoms with E-state index in [2.05, 4.69) is 35.8 Å². The summed E-state index contributed by atoms with van der Waals surface area (Å²) in [5.41, 5.74) is 1.41. The molecule has 1 aromatic rings. The Morgan fingerprint density at radius 3 is 2.46 bits per heavy atom. The summed E-state index contributed by atoms with van der Waals surface area (Å²) in [4.78, 5) is 4.67. The van der Waals surface area contributed by atoms with Gasteiger partial charge in [-0.2, -0.15) is 0 Å². The fraction of sp³-hybridized carbons (Fsp3) is 0.727. The van der Waals surface area contributed by atoms with Gasteiger partial charge in [-0.3, -0.25) is 4.90 Å². The monoisotopic (exact) mass is 392 g/mol. The molecule has 1 N–H and O–H groups in total. The van der Waals surface area contributed by atoms with E-state index in [0.29, 0.717) is 12.3 Å². The number of hydrogen-bond donors (Lipinski definition) is 1. The van der Waals surface area contributed by atoms with Crippen molar-refractivity contribution in [2.24, 2.45) is 0 Å². The summed E-state index contributed by atoms with van der Waals surface area (Å²) in [6, 6.07) is 6.11. The van der Waals surface area contributed by atoms with Crippen LogP contribution < -0.4 is 9.47 Å². The Morgan fingerprint density at radius 1 is 1.18 bits per heavy atom. The second-order valence-electron chi connectivity index (χ2n) is 7.99. The average Bonchev–Trinajstić information content (AvgIpc) is 2.70. The van der Waals surface area contributed by atoms with Crippen LogP contribution in [0.3, 0.4) is 0 Å². The van der Waals surface area contributed by atoms with Crippen LogP contribution in [0.15, 0.2) is 18.2 Å². The summed E-state index contributed by atoms with van der Waals surface area (Å²) < 4.78 is 17.2. The number of hydrogen-bond acceptors (Lipinski definition) is 6. The molecule has 158 valence electrons. The first kappa shape index (κ1) is 21.4.